The van der Waals surface area contributed by atoms with Crippen molar-refractivity contribution in [2.24, 2.45) is 17.8 Å². The molecule has 0 saturated heterocycles. The van der Waals surface area contributed by atoms with Crippen LogP contribution in [0.3, 0.4) is 0 Å². The Balaban J connectivity index is 5.25. The van der Waals surface area contributed by atoms with Crippen LogP contribution in [0.5, 0.6) is 0 Å². The van der Waals surface area contributed by atoms with E-state index in [-0.39, 0.29) is 25.7 Å². The molecule has 0 heterocycles. The summed E-state index contributed by atoms with van der Waals surface area (Å²) < 4.78 is 68.2. The van der Waals surface area contributed by atoms with Crippen LogP contribution in [0, 0.1) is 17.8 Å². The lowest BCUT2D eigenvalue weighted by Gasteiger charge is -2.21. The van der Waals surface area contributed by atoms with E-state index in [2.05, 4.69) is 72.8 Å². The monoisotopic (exact) mass is 1330 g/mol. The minimum Gasteiger partial charge on any atom is -0.462 e. The number of unbranched alkanes of at least 4 members (excludes halogenated alkanes) is 33. The van der Waals surface area contributed by atoms with Crippen LogP contribution < -0.4 is 0 Å². The van der Waals surface area contributed by atoms with Crippen molar-refractivity contribution < 1.29 is 80.2 Å². The topological polar surface area (TPSA) is 237 Å². The highest BCUT2D eigenvalue weighted by Crippen LogP contribution is 2.45. The van der Waals surface area contributed by atoms with Gasteiger partial charge in [-0.1, -0.05) is 285 Å². The SMILES string of the molecule is CCCCCC/C=C\C=C/CCCCCCCC(=O)O[C@H](COC(=O)CCCCCCCCCC(C)C)COP(=O)(O)OCC(O)COP(=O)(O)OC[C@@H](COC(=O)CCCCCCCCC(C)C)OC(=O)CCCCCCCCCCCCCCCCC(C)C. The van der Waals surface area contributed by atoms with Crippen LogP contribution in [0.25, 0.3) is 0 Å². The molecular weight excluding hydrogens is 1200 g/mol. The quantitative estimate of drug-likeness (QED) is 0.0169. The zero-order valence-corrected chi connectivity index (χ0v) is 60.6. The van der Waals surface area contributed by atoms with E-state index in [1.165, 1.54) is 122 Å². The summed E-state index contributed by atoms with van der Waals surface area (Å²) in [6, 6.07) is 0. The smallest absolute Gasteiger partial charge is 0.462 e. The molecule has 3 unspecified atom stereocenters. The summed E-state index contributed by atoms with van der Waals surface area (Å²) in [5, 5.41) is 10.6. The number of rotatable bonds is 68. The van der Waals surface area contributed by atoms with Crippen molar-refractivity contribution in [3.8, 4) is 0 Å². The van der Waals surface area contributed by atoms with Crippen molar-refractivity contribution in [2.45, 2.75) is 356 Å². The van der Waals surface area contributed by atoms with Gasteiger partial charge in [-0.15, -0.1) is 0 Å². The van der Waals surface area contributed by atoms with Gasteiger partial charge in [0.15, 0.2) is 12.2 Å². The summed E-state index contributed by atoms with van der Waals surface area (Å²) in [6.07, 6.45) is 49.7. The molecular formula is C72H136O17P2. The van der Waals surface area contributed by atoms with E-state index >= 15 is 0 Å². The molecule has 5 atom stereocenters. The Bertz CT molecular complexity index is 1880. The summed E-state index contributed by atoms with van der Waals surface area (Å²) in [6.45, 7) is 11.7. The summed E-state index contributed by atoms with van der Waals surface area (Å²) in [7, 11) is -9.92. The van der Waals surface area contributed by atoms with Gasteiger partial charge in [0.25, 0.3) is 0 Å². The molecule has 0 bridgehead atoms. The molecule has 0 rings (SSSR count). The normalized spacial score (nSPS) is 14.3. The van der Waals surface area contributed by atoms with E-state index < -0.39 is 97.5 Å². The van der Waals surface area contributed by atoms with Crippen LogP contribution in [-0.2, 0) is 65.4 Å². The second-order valence-corrected chi connectivity index (χ2v) is 29.6. The Morgan fingerprint density at radius 1 is 0.341 bits per heavy atom. The molecule has 19 heteroatoms. The van der Waals surface area contributed by atoms with Gasteiger partial charge in [-0.05, 0) is 69.1 Å². The fourth-order valence-corrected chi connectivity index (χ4v) is 11.9. The van der Waals surface area contributed by atoms with Crippen LogP contribution in [0.4, 0.5) is 0 Å². The summed E-state index contributed by atoms with van der Waals surface area (Å²) in [4.78, 5) is 72.5. The maximum atomic E-state index is 13.0. The zero-order valence-electron chi connectivity index (χ0n) is 58.8. The van der Waals surface area contributed by atoms with Crippen LogP contribution in [0.2, 0.25) is 0 Å². The minimum absolute atomic E-state index is 0.0837. The maximum absolute atomic E-state index is 13.0. The molecule has 0 aliphatic carbocycles. The van der Waals surface area contributed by atoms with Crippen molar-refractivity contribution in [1.29, 1.82) is 0 Å². The van der Waals surface area contributed by atoms with Gasteiger partial charge in [-0.2, -0.15) is 0 Å². The maximum Gasteiger partial charge on any atom is 0.472 e. The summed E-state index contributed by atoms with van der Waals surface area (Å²) >= 11 is 0. The Kier molecular flexibility index (Phi) is 60.7. The molecule has 0 aromatic heterocycles. The van der Waals surface area contributed by atoms with Gasteiger partial charge in [0.05, 0.1) is 26.4 Å². The van der Waals surface area contributed by atoms with Crippen LogP contribution in [0.15, 0.2) is 24.3 Å². The third-order valence-electron chi connectivity index (χ3n) is 16.0. The lowest BCUT2D eigenvalue weighted by molar-refractivity contribution is -0.161. The number of aliphatic hydroxyl groups is 1. The predicted octanol–water partition coefficient (Wildman–Crippen LogP) is 20.2. The van der Waals surface area contributed by atoms with E-state index in [0.29, 0.717) is 37.5 Å². The molecule has 0 aliphatic heterocycles. The number of allylic oxidation sites excluding steroid dienone is 4. The fourth-order valence-electron chi connectivity index (χ4n) is 10.4. The Labute approximate surface area is 554 Å². The number of phosphoric acid groups is 2. The third kappa shape index (κ3) is 66.0. The van der Waals surface area contributed by atoms with E-state index in [1.807, 2.05) is 0 Å². The van der Waals surface area contributed by atoms with Gasteiger partial charge in [-0.3, -0.25) is 37.3 Å². The molecule has 0 aliphatic rings. The number of carbonyl (C=O) groups excluding carboxylic acids is 4. The van der Waals surface area contributed by atoms with Crippen LogP contribution >= 0.6 is 15.6 Å². The van der Waals surface area contributed by atoms with E-state index in [4.69, 9.17) is 37.0 Å². The summed E-state index contributed by atoms with van der Waals surface area (Å²) in [5.41, 5.74) is 0. The average Bonchev–Trinajstić information content (AvgIpc) is 3.39. The molecule has 0 radical (unpaired) electrons. The van der Waals surface area contributed by atoms with Crippen molar-refractivity contribution in [1.82, 2.24) is 0 Å². The number of hydrogen-bond acceptors (Lipinski definition) is 15. The molecule has 536 valence electrons. The Morgan fingerprint density at radius 2 is 0.593 bits per heavy atom. The number of hydrogen-bond donors (Lipinski definition) is 3. The third-order valence-corrected chi connectivity index (χ3v) is 17.9. The molecule has 17 nitrogen and oxygen atoms in total. The molecule has 0 aromatic carbocycles. The first-order chi connectivity index (χ1) is 43.7. The lowest BCUT2D eigenvalue weighted by Crippen LogP contribution is -2.30. The van der Waals surface area contributed by atoms with Crippen molar-refractivity contribution in [3.63, 3.8) is 0 Å². The molecule has 3 N–H and O–H groups in total. The number of ether oxygens (including phenoxy) is 4. The average molecular weight is 1340 g/mol. The first-order valence-electron chi connectivity index (χ1n) is 36.7. The van der Waals surface area contributed by atoms with Gasteiger partial charge in [0, 0.05) is 25.7 Å². The standard InChI is InChI=1S/C72H136O17P2/c1-8-9-10-11-12-13-14-15-16-20-23-26-31-41-48-55-71(76)88-67(59-82-69(74)53-46-39-33-28-30-37-44-51-64(4)5)61-86-90(78,79)84-57-66(73)58-85-91(80,81)87-62-68(60-83-70(75)54-47-40-35-34-38-45-52-65(6)7)89-72(77)56-49-42-32-27-24-21-18-17-19-22-25-29-36-43-50-63(2)3/h13-16,63-68,73H,8-12,17-62H2,1-7H3,(H,78,79)(H,80,81)/b14-13-,16-15-/t66?,67-,68-/m1/s1. The highest BCUT2D eigenvalue weighted by Gasteiger charge is 2.30. The second kappa shape index (κ2) is 62.4. The fraction of sp³-hybridized carbons (Fsp3) is 0.889. The van der Waals surface area contributed by atoms with Gasteiger partial charge in [0.1, 0.15) is 19.3 Å². The van der Waals surface area contributed by atoms with Gasteiger partial charge < -0.3 is 33.8 Å². The number of esters is 4. The van der Waals surface area contributed by atoms with Gasteiger partial charge >= 0.3 is 39.5 Å². The van der Waals surface area contributed by atoms with Crippen LogP contribution in [-0.4, -0.2) is 96.7 Å². The second-order valence-electron chi connectivity index (χ2n) is 26.7. The van der Waals surface area contributed by atoms with Crippen molar-refractivity contribution >= 4 is 39.5 Å². The molecule has 0 amide bonds. The van der Waals surface area contributed by atoms with E-state index in [1.54, 1.807) is 0 Å². The van der Waals surface area contributed by atoms with Gasteiger partial charge in [0.2, 0.25) is 0 Å². The molecule has 0 saturated carbocycles. The lowest BCUT2D eigenvalue weighted by atomic mass is 10.0. The van der Waals surface area contributed by atoms with Gasteiger partial charge in [-0.25, -0.2) is 9.13 Å². The highest BCUT2D eigenvalue weighted by molar-refractivity contribution is 7.47. The van der Waals surface area contributed by atoms with Crippen LogP contribution in [0.1, 0.15) is 337 Å². The first kappa shape index (κ1) is 88.5. The number of carbonyl (C=O) groups is 4. The van der Waals surface area contributed by atoms with E-state index in [9.17, 15) is 43.2 Å². The van der Waals surface area contributed by atoms with Crippen molar-refractivity contribution in [2.75, 3.05) is 39.6 Å². The van der Waals surface area contributed by atoms with E-state index in [0.717, 1.165) is 121 Å². The molecule has 0 aromatic rings. The van der Waals surface area contributed by atoms with Crippen molar-refractivity contribution in [3.05, 3.63) is 24.3 Å². The molecule has 91 heavy (non-hydrogen) atoms. The molecule has 0 fully saturated rings. The Morgan fingerprint density at radius 3 is 0.890 bits per heavy atom. The Hall–Kier alpha value is -2.46. The number of phosphoric ester groups is 2. The number of aliphatic hydroxyl groups excluding tert-OH is 1. The molecule has 0 spiro atoms. The highest BCUT2D eigenvalue weighted by atomic mass is 31.2. The largest absolute Gasteiger partial charge is 0.472 e. The predicted molar refractivity (Wildman–Crippen MR) is 367 cm³/mol. The first-order valence-corrected chi connectivity index (χ1v) is 39.7. The minimum atomic E-state index is -4.96. The summed E-state index contributed by atoms with van der Waals surface area (Å²) in [5.74, 6) is 0.0156. The zero-order chi connectivity index (χ0) is 67.3.